The topological polar surface area (TPSA) is 208 Å². The van der Waals surface area contributed by atoms with E-state index in [1.54, 1.807) is 11.3 Å². The lowest BCUT2D eigenvalue weighted by atomic mass is 9.80. The van der Waals surface area contributed by atoms with E-state index >= 15 is 0 Å². The number of thiazole rings is 1. The van der Waals surface area contributed by atoms with Gasteiger partial charge in [-0.15, -0.1) is 11.3 Å². The number of nitrogens with one attached hydrogen (secondary N) is 3. The molecule has 382 valence electrons. The van der Waals surface area contributed by atoms with E-state index < -0.39 is 23.6 Å². The highest BCUT2D eigenvalue weighted by atomic mass is 32.1. The van der Waals surface area contributed by atoms with Crippen LogP contribution >= 0.6 is 11.3 Å². The van der Waals surface area contributed by atoms with Crippen LogP contribution in [0, 0.1) is 12.3 Å². The number of aliphatic hydroxyl groups excluding tert-OH is 1. The Bertz CT molecular complexity index is 2750. The monoisotopic (exact) mass is 1000 g/mol. The number of nitrogens with zero attached hydrogens (tertiary/aromatic N) is 8. The molecular weight excluding hydrogens is 931 g/mol. The van der Waals surface area contributed by atoms with Crippen LogP contribution in [0.4, 0.5) is 5.69 Å². The summed E-state index contributed by atoms with van der Waals surface area (Å²) in [5.41, 5.74) is 7.34. The van der Waals surface area contributed by atoms with Crippen LogP contribution < -0.4 is 20.9 Å². The van der Waals surface area contributed by atoms with E-state index in [-0.39, 0.29) is 61.0 Å². The molecule has 0 bridgehead atoms. The Morgan fingerprint density at radius 1 is 0.917 bits per heavy atom. The molecule has 3 fully saturated rings. The van der Waals surface area contributed by atoms with Gasteiger partial charge in [0, 0.05) is 82.4 Å². The highest BCUT2D eigenvalue weighted by Crippen LogP contribution is 2.40. The van der Waals surface area contributed by atoms with Crippen LogP contribution in [-0.4, -0.2) is 126 Å². The molecule has 3 atom stereocenters. The summed E-state index contributed by atoms with van der Waals surface area (Å²) in [6.07, 6.45) is 12.6. The third-order valence-electron chi connectivity index (χ3n) is 15.1. The largest absolute Gasteiger partial charge is 0.391 e. The molecule has 4 aliphatic rings. The molecule has 1 aliphatic carbocycles. The molecule has 72 heavy (non-hydrogen) atoms. The van der Waals surface area contributed by atoms with Crippen molar-refractivity contribution in [2.45, 2.75) is 141 Å². The number of hydrogen-bond donors (Lipinski definition) is 4. The van der Waals surface area contributed by atoms with Gasteiger partial charge >= 0.3 is 0 Å². The van der Waals surface area contributed by atoms with Crippen molar-refractivity contribution in [3.63, 3.8) is 0 Å². The van der Waals surface area contributed by atoms with E-state index in [9.17, 15) is 29.1 Å². The number of carbonyl (C=O) groups excluding carboxylic acids is 5. The first-order chi connectivity index (χ1) is 34.7. The summed E-state index contributed by atoms with van der Waals surface area (Å²) in [6.45, 7) is 11.2. The number of aliphatic hydroxyl groups is 1. The SMILES string of the molecule is Cc1ncsc1-c1ccc(CNC(=O)[C@@H]2C[C@@H](O)CN2C(=O)[C@@H](NC(=O)CCCCCCC(=O)N2CCN(c3ccc(Cc4ncc5cc6n(c5n4)C4(CCCCC4)CNC6=O)nc3)CC2)C(C)(C)C)cc1. The average molecular weight is 1000 g/mol. The van der Waals surface area contributed by atoms with Gasteiger partial charge in [-0.3, -0.25) is 29.0 Å². The lowest BCUT2D eigenvalue weighted by Crippen LogP contribution is -2.57. The summed E-state index contributed by atoms with van der Waals surface area (Å²) in [4.78, 5) is 92.4. The minimum Gasteiger partial charge on any atom is -0.391 e. The molecule has 3 aliphatic heterocycles. The molecule has 4 aromatic heterocycles. The van der Waals surface area contributed by atoms with Crippen molar-refractivity contribution in [2.75, 3.05) is 44.2 Å². The number of pyridine rings is 1. The van der Waals surface area contributed by atoms with Gasteiger partial charge in [0.2, 0.25) is 23.6 Å². The van der Waals surface area contributed by atoms with E-state index in [1.807, 2.05) is 86.9 Å². The van der Waals surface area contributed by atoms with Gasteiger partial charge in [0.15, 0.2) is 0 Å². The lowest BCUT2D eigenvalue weighted by Gasteiger charge is -2.42. The maximum atomic E-state index is 14.1. The van der Waals surface area contributed by atoms with Crippen LogP contribution in [0.15, 0.2) is 60.4 Å². The van der Waals surface area contributed by atoms with E-state index in [4.69, 9.17) is 9.97 Å². The number of aryl methyl sites for hydroxylation is 1. The summed E-state index contributed by atoms with van der Waals surface area (Å²) < 4.78 is 2.20. The first-order valence-corrected chi connectivity index (χ1v) is 26.7. The number of anilines is 1. The van der Waals surface area contributed by atoms with Gasteiger partial charge in [-0.25, -0.2) is 15.0 Å². The number of rotatable bonds is 16. The van der Waals surface area contributed by atoms with Crippen LogP contribution in [0.25, 0.3) is 21.5 Å². The Hall–Kier alpha value is -6.27. The van der Waals surface area contributed by atoms with E-state index in [0.29, 0.717) is 63.5 Å². The van der Waals surface area contributed by atoms with Crippen molar-refractivity contribution >= 4 is 57.6 Å². The summed E-state index contributed by atoms with van der Waals surface area (Å²) in [7, 11) is 0. The summed E-state index contributed by atoms with van der Waals surface area (Å²) in [6, 6.07) is 12.2. The molecule has 7 heterocycles. The molecular formula is C54H69N11O6S. The van der Waals surface area contributed by atoms with E-state index in [0.717, 1.165) is 89.1 Å². The second-order valence-electron chi connectivity index (χ2n) is 21.3. The zero-order valence-electron chi connectivity index (χ0n) is 42.1. The molecule has 1 spiro atoms. The Morgan fingerprint density at radius 2 is 1.67 bits per heavy atom. The van der Waals surface area contributed by atoms with Crippen molar-refractivity contribution in [1.82, 2.24) is 50.3 Å². The highest BCUT2D eigenvalue weighted by molar-refractivity contribution is 7.13. The maximum absolute atomic E-state index is 14.1. The molecule has 0 unspecified atom stereocenters. The van der Waals surface area contributed by atoms with Gasteiger partial charge in [0.05, 0.1) is 46.0 Å². The van der Waals surface area contributed by atoms with Crippen LogP contribution in [-0.2, 0) is 37.7 Å². The first kappa shape index (κ1) is 50.7. The standard InChI is InChI=1S/C54H69N11O6S/c1-35-47(72-34-59-35)37-16-14-36(15-17-37)29-57-50(69)42-28-41(66)32-64(42)52(71)48(53(2,3)4)61-45(67)12-8-5-6-9-13-46(68)63-24-22-62(23-25-63)40-19-18-39(55-31-40)27-44-56-30-38-26-43-51(70)58-33-54(20-10-7-11-21-54)65(43)49(38)60-44/h14-19,26,30-31,34,41-42,48,66H,5-13,20-25,27-29,32-33H2,1-4H3,(H,57,69)(H,58,70)(H,61,67)/t41-,42+,48-/m1/s1. The quantitative estimate of drug-likeness (QED) is 0.0837. The molecule has 18 heteroatoms. The molecule has 2 saturated heterocycles. The Kier molecular flexibility index (Phi) is 15.4. The summed E-state index contributed by atoms with van der Waals surface area (Å²) in [5.74, 6) is -0.218. The minimum absolute atomic E-state index is 0.0136. The Labute approximate surface area is 425 Å². The number of fused-ring (bicyclic) bond motifs is 4. The van der Waals surface area contributed by atoms with Crippen molar-refractivity contribution in [2.24, 2.45) is 5.41 Å². The summed E-state index contributed by atoms with van der Waals surface area (Å²) in [5, 5.41) is 20.5. The highest BCUT2D eigenvalue weighted by Gasteiger charge is 2.45. The zero-order chi connectivity index (χ0) is 50.6. The number of likely N-dealkylation sites (tertiary alicyclic amines) is 1. The number of β-amino-alcohol motifs (C(OH)–C–C–N with tert-alkyl or cyclic N) is 1. The number of amides is 5. The fourth-order valence-corrected chi connectivity index (χ4v) is 11.8. The van der Waals surface area contributed by atoms with E-state index in [1.165, 1.54) is 11.3 Å². The van der Waals surface area contributed by atoms with Gasteiger partial charge in [-0.05, 0) is 67.3 Å². The van der Waals surface area contributed by atoms with Crippen molar-refractivity contribution < 1.29 is 29.1 Å². The van der Waals surface area contributed by atoms with Gasteiger partial charge in [-0.2, -0.15) is 0 Å². The molecule has 5 amide bonds. The van der Waals surface area contributed by atoms with E-state index in [2.05, 4.69) is 41.5 Å². The predicted octanol–water partition coefficient (Wildman–Crippen LogP) is 6.05. The molecule has 17 nitrogen and oxygen atoms in total. The lowest BCUT2D eigenvalue weighted by molar-refractivity contribution is -0.144. The van der Waals surface area contributed by atoms with Crippen molar-refractivity contribution in [3.05, 3.63) is 88.8 Å². The second-order valence-corrected chi connectivity index (χ2v) is 22.2. The average Bonchev–Trinajstić information content (AvgIpc) is 4.12. The number of carbonyl (C=O) groups is 5. The van der Waals surface area contributed by atoms with Crippen molar-refractivity contribution in [3.8, 4) is 10.4 Å². The normalized spacial score (nSPS) is 19.3. The first-order valence-electron chi connectivity index (χ1n) is 25.8. The number of piperazine rings is 1. The van der Waals surface area contributed by atoms with Gasteiger partial charge in [-0.1, -0.05) is 77.1 Å². The summed E-state index contributed by atoms with van der Waals surface area (Å²) >= 11 is 1.58. The zero-order valence-corrected chi connectivity index (χ0v) is 42.9. The molecule has 1 aromatic carbocycles. The maximum Gasteiger partial charge on any atom is 0.268 e. The Balaban J connectivity index is 0.680. The number of unbranched alkanes of at least 4 members (excludes halogenated alkanes) is 3. The predicted molar refractivity (Wildman–Crippen MR) is 276 cm³/mol. The number of benzene rings is 1. The van der Waals surface area contributed by atoms with Crippen LogP contribution in [0.3, 0.4) is 0 Å². The molecule has 1 saturated carbocycles. The number of hydrogen-bond acceptors (Lipinski definition) is 12. The third-order valence-corrected chi connectivity index (χ3v) is 16.0. The van der Waals surface area contributed by atoms with Gasteiger partial charge < -0.3 is 40.3 Å². The smallest absolute Gasteiger partial charge is 0.268 e. The van der Waals surface area contributed by atoms with Crippen molar-refractivity contribution in [1.29, 1.82) is 0 Å². The van der Waals surface area contributed by atoms with Crippen LogP contribution in [0.1, 0.15) is 131 Å². The Morgan fingerprint density at radius 3 is 2.36 bits per heavy atom. The molecule has 0 radical (unpaired) electrons. The second kappa shape index (κ2) is 21.8. The minimum atomic E-state index is -0.887. The third kappa shape index (κ3) is 11.3. The fourth-order valence-electron chi connectivity index (χ4n) is 11.0. The van der Waals surface area contributed by atoms with Gasteiger partial charge in [0.1, 0.15) is 29.2 Å². The fraction of sp³-hybridized carbons (Fsp3) is 0.537. The van der Waals surface area contributed by atoms with Gasteiger partial charge in [0.25, 0.3) is 5.91 Å². The van der Waals surface area contributed by atoms with Crippen LogP contribution in [0.2, 0.25) is 0 Å². The molecule has 9 rings (SSSR count). The molecule has 5 aromatic rings. The van der Waals surface area contributed by atoms with Crippen LogP contribution in [0.5, 0.6) is 0 Å². The number of aromatic nitrogens is 5. The molecule has 4 N–H and O–H groups in total.